The predicted octanol–water partition coefficient (Wildman–Crippen LogP) is 3.40. The summed E-state index contributed by atoms with van der Waals surface area (Å²) in [6, 6.07) is 8.27. The van der Waals surface area contributed by atoms with Gasteiger partial charge in [-0.25, -0.2) is 0 Å². The number of aliphatic hydroxyl groups is 1. The highest BCUT2D eigenvalue weighted by Gasteiger charge is 2.27. The van der Waals surface area contributed by atoms with Crippen LogP contribution >= 0.6 is 0 Å². The van der Waals surface area contributed by atoms with Crippen molar-refractivity contribution in [2.75, 3.05) is 0 Å². The van der Waals surface area contributed by atoms with Gasteiger partial charge in [-0.15, -0.1) is 12.3 Å². The minimum Gasteiger partial charge on any atom is -0.388 e. The van der Waals surface area contributed by atoms with E-state index >= 15 is 0 Å². The molecule has 16 heavy (non-hydrogen) atoms. The molecule has 0 spiro atoms. The number of benzene rings is 1. The Morgan fingerprint density at radius 1 is 1.38 bits per heavy atom. The molecule has 0 saturated heterocycles. The molecule has 0 aromatic heterocycles. The van der Waals surface area contributed by atoms with Crippen molar-refractivity contribution in [1.29, 1.82) is 0 Å². The predicted molar refractivity (Wildman–Crippen MR) is 66.1 cm³/mol. The van der Waals surface area contributed by atoms with Gasteiger partial charge in [0.2, 0.25) is 0 Å². The van der Waals surface area contributed by atoms with Gasteiger partial charge in [0.05, 0.1) is 6.10 Å². The second kappa shape index (κ2) is 5.18. The van der Waals surface area contributed by atoms with Gasteiger partial charge in [-0.05, 0) is 42.7 Å². The first-order chi connectivity index (χ1) is 7.83. The summed E-state index contributed by atoms with van der Waals surface area (Å²) in [7, 11) is 0. The summed E-state index contributed by atoms with van der Waals surface area (Å²) in [5.74, 6) is 3.31. The van der Waals surface area contributed by atoms with E-state index in [1.54, 1.807) is 0 Å². The zero-order valence-corrected chi connectivity index (χ0v) is 9.52. The summed E-state index contributed by atoms with van der Waals surface area (Å²) in [5, 5.41) is 10.1. The summed E-state index contributed by atoms with van der Waals surface area (Å²) in [6.07, 6.45) is 9.84. The smallest absolute Gasteiger partial charge is 0.0793 e. The Hall–Kier alpha value is -1.26. The zero-order valence-electron chi connectivity index (χ0n) is 9.52. The lowest BCUT2D eigenvalue weighted by molar-refractivity contribution is 0.164. The molecule has 1 nitrogen and oxygen atoms in total. The SMILES string of the molecule is C#CCCCC(O)c1ccccc1C1CC1. The third kappa shape index (κ3) is 2.65. The van der Waals surface area contributed by atoms with Gasteiger partial charge in [0.25, 0.3) is 0 Å². The van der Waals surface area contributed by atoms with Gasteiger partial charge in [-0.1, -0.05) is 24.3 Å². The lowest BCUT2D eigenvalue weighted by Crippen LogP contribution is -2.01. The van der Waals surface area contributed by atoms with E-state index < -0.39 is 0 Å². The van der Waals surface area contributed by atoms with Crippen LogP contribution in [0.5, 0.6) is 0 Å². The van der Waals surface area contributed by atoms with Crippen LogP contribution in [0.15, 0.2) is 24.3 Å². The first kappa shape index (κ1) is 11.2. The number of hydrogen-bond donors (Lipinski definition) is 1. The van der Waals surface area contributed by atoms with Crippen LogP contribution in [0.1, 0.15) is 55.3 Å². The van der Waals surface area contributed by atoms with Crippen LogP contribution < -0.4 is 0 Å². The number of unbranched alkanes of at least 4 members (excludes halogenated alkanes) is 1. The second-order valence-corrected chi connectivity index (χ2v) is 4.52. The highest BCUT2D eigenvalue weighted by atomic mass is 16.3. The fourth-order valence-corrected chi connectivity index (χ4v) is 2.13. The molecule has 1 aliphatic rings. The lowest BCUT2D eigenvalue weighted by atomic mass is 9.96. The molecule has 0 bridgehead atoms. The van der Waals surface area contributed by atoms with E-state index in [2.05, 4.69) is 18.1 Å². The Morgan fingerprint density at radius 3 is 2.81 bits per heavy atom. The summed E-state index contributed by atoms with van der Waals surface area (Å²) in [4.78, 5) is 0. The highest BCUT2D eigenvalue weighted by Crippen LogP contribution is 2.43. The Kier molecular flexibility index (Phi) is 3.64. The minimum atomic E-state index is -0.342. The maximum absolute atomic E-state index is 10.1. The molecular weight excluding hydrogens is 196 g/mol. The van der Waals surface area contributed by atoms with Crippen molar-refractivity contribution in [2.24, 2.45) is 0 Å². The van der Waals surface area contributed by atoms with E-state index in [1.165, 1.54) is 18.4 Å². The van der Waals surface area contributed by atoms with Crippen molar-refractivity contribution in [2.45, 2.75) is 44.1 Å². The Labute approximate surface area is 97.5 Å². The minimum absolute atomic E-state index is 0.342. The van der Waals surface area contributed by atoms with Crippen LogP contribution in [0, 0.1) is 12.3 Å². The summed E-state index contributed by atoms with van der Waals surface area (Å²) in [6.45, 7) is 0. The van der Waals surface area contributed by atoms with Gasteiger partial charge in [-0.2, -0.15) is 0 Å². The molecule has 1 aromatic carbocycles. The fourth-order valence-electron chi connectivity index (χ4n) is 2.13. The molecule has 0 aliphatic heterocycles. The molecule has 1 unspecified atom stereocenters. The van der Waals surface area contributed by atoms with Crippen molar-refractivity contribution < 1.29 is 5.11 Å². The summed E-state index contributed by atoms with van der Waals surface area (Å²) < 4.78 is 0. The van der Waals surface area contributed by atoms with Gasteiger partial charge in [0, 0.05) is 6.42 Å². The maximum atomic E-state index is 10.1. The van der Waals surface area contributed by atoms with Crippen LogP contribution in [0.25, 0.3) is 0 Å². The quantitative estimate of drug-likeness (QED) is 0.588. The molecule has 1 aromatic rings. The molecule has 1 N–H and O–H groups in total. The topological polar surface area (TPSA) is 20.2 Å². The van der Waals surface area contributed by atoms with E-state index in [0.29, 0.717) is 5.92 Å². The molecule has 1 fully saturated rings. The van der Waals surface area contributed by atoms with Crippen LogP contribution in [0.2, 0.25) is 0 Å². The maximum Gasteiger partial charge on any atom is 0.0793 e. The molecule has 1 heteroatoms. The van der Waals surface area contributed by atoms with Gasteiger partial charge < -0.3 is 5.11 Å². The highest BCUT2D eigenvalue weighted by molar-refractivity contribution is 5.34. The Balaban J connectivity index is 2.04. The Morgan fingerprint density at radius 2 is 2.12 bits per heavy atom. The third-order valence-electron chi connectivity index (χ3n) is 3.17. The van der Waals surface area contributed by atoms with Crippen molar-refractivity contribution in [3.05, 3.63) is 35.4 Å². The van der Waals surface area contributed by atoms with Gasteiger partial charge in [-0.3, -0.25) is 0 Å². The molecule has 2 rings (SSSR count). The van der Waals surface area contributed by atoms with Gasteiger partial charge >= 0.3 is 0 Å². The molecule has 1 aliphatic carbocycles. The van der Waals surface area contributed by atoms with E-state index in [0.717, 1.165) is 24.8 Å². The average molecular weight is 214 g/mol. The normalized spacial score (nSPS) is 16.8. The molecule has 0 heterocycles. The Bertz CT molecular complexity index is 385. The van der Waals surface area contributed by atoms with Crippen molar-refractivity contribution in [1.82, 2.24) is 0 Å². The lowest BCUT2D eigenvalue weighted by Gasteiger charge is -2.14. The molecular formula is C15H18O. The van der Waals surface area contributed by atoms with E-state index in [9.17, 15) is 5.11 Å². The van der Waals surface area contributed by atoms with E-state index in [1.807, 2.05) is 12.1 Å². The molecule has 1 saturated carbocycles. The summed E-state index contributed by atoms with van der Waals surface area (Å²) in [5.41, 5.74) is 2.46. The molecule has 0 radical (unpaired) electrons. The monoisotopic (exact) mass is 214 g/mol. The van der Waals surface area contributed by atoms with Gasteiger partial charge in [0.15, 0.2) is 0 Å². The van der Waals surface area contributed by atoms with Crippen molar-refractivity contribution >= 4 is 0 Å². The van der Waals surface area contributed by atoms with Crippen LogP contribution in [-0.4, -0.2) is 5.11 Å². The third-order valence-corrected chi connectivity index (χ3v) is 3.17. The molecule has 84 valence electrons. The van der Waals surface area contributed by atoms with Crippen molar-refractivity contribution in [3.8, 4) is 12.3 Å². The fraction of sp³-hybridized carbons (Fsp3) is 0.467. The number of hydrogen-bond acceptors (Lipinski definition) is 1. The van der Waals surface area contributed by atoms with Crippen LogP contribution in [0.3, 0.4) is 0 Å². The summed E-state index contributed by atoms with van der Waals surface area (Å²) >= 11 is 0. The van der Waals surface area contributed by atoms with E-state index in [-0.39, 0.29) is 6.10 Å². The van der Waals surface area contributed by atoms with Gasteiger partial charge in [0.1, 0.15) is 0 Å². The number of aliphatic hydroxyl groups excluding tert-OH is 1. The number of terminal acetylenes is 1. The first-order valence-corrected chi connectivity index (χ1v) is 6.03. The zero-order chi connectivity index (χ0) is 11.4. The average Bonchev–Trinajstić information content (AvgIpc) is 3.13. The van der Waals surface area contributed by atoms with Crippen LogP contribution in [-0.2, 0) is 0 Å². The largest absolute Gasteiger partial charge is 0.388 e. The number of rotatable bonds is 5. The van der Waals surface area contributed by atoms with E-state index in [4.69, 9.17) is 6.42 Å². The first-order valence-electron chi connectivity index (χ1n) is 6.03. The van der Waals surface area contributed by atoms with Crippen molar-refractivity contribution in [3.63, 3.8) is 0 Å². The molecule has 0 amide bonds. The standard InChI is InChI=1S/C15H18O/c1-2-3-4-9-15(16)14-8-6-5-7-13(14)12-10-11-12/h1,5-8,12,15-16H,3-4,9-11H2. The van der Waals surface area contributed by atoms with Crippen LogP contribution in [0.4, 0.5) is 0 Å². The second-order valence-electron chi connectivity index (χ2n) is 4.52. The molecule has 1 atom stereocenters.